The zero-order valence-corrected chi connectivity index (χ0v) is 25.7. The lowest BCUT2D eigenvalue weighted by Gasteiger charge is -2.39. The van der Waals surface area contributed by atoms with E-state index in [1.165, 1.54) is 0 Å². The van der Waals surface area contributed by atoms with Crippen molar-refractivity contribution in [1.82, 2.24) is 4.90 Å². The smallest absolute Gasteiger partial charge is 0.310 e. The summed E-state index contributed by atoms with van der Waals surface area (Å²) in [6, 6.07) is 12.4. The molecule has 3 heterocycles. The molecule has 3 unspecified atom stereocenters. The van der Waals surface area contributed by atoms with Crippen molar-refractivity contribution >= 4 is 61.9 Å². The number of hydrogen-bond acceptors (Lipinski definition) is 6. The van der Waals surface area contributed by atoms with E-state index in [-0.39, 0.29) is 41.6 Å². The monoisotopic (exact) mass is 640 g/mol. The molecule has 41 heavy (non-hydrogen) atoms. The van der Waals surface area contributed by atoms with E-state index < -0.39 is 34.6 Å². The fourth-order valence-electron chi connectivity index (χ4n) is 6.86. The Hall–Kier alpha value is -2.62. The summed E-state index contributed by atoms with van der Waals surface area (Å²) in [6.45, 7) is 9.77. The molecule has 0 aliphatic carbocycles. The fraction of sp³-hybridized carbons (Fsp3) is 0.469. The summed E-state index contributed by atoms with van der Waals surface area (Å²) in [6.07, 6.45) is 5.91. The number of thioether (sulfide) groups is 1. The molecule has 2 bridgehead atoms. The van der Waals surface area contributed by atoms with Crippen LogP contribution in [0.5, 0.6) is 0 Å². The number of hydrogen-bond donors (Lipinski definition) is 1. The Morgan fingerprint density at radius 3 is 2.68 bits per heavy atom. The molecular formula is C32H37BrN2O5S. The first-order valence-electron chi connectivity index (χ1n) is 14.3. The second-order valence-corrected chi connectivity index (χ2v) is 13.7. The summed E-state index contributed by atoms with van der Waals surface area (Å²) >= 11 is 5.37. The van der Waals surface area contributed by atoms with Gasteiger partial charge in [0.15, 0.2) is 0 Å². The summed E-state index contributed by atoms with van der Waals surface area (Å²) in [4.78, 5) is 45.8. The Balaban J connectivity index is 1.56. The molecular weight excluding hydrogens is 604 g/mol. The van der Waals surface area contributed by atoms with Crippen LogP contribution < -0.4 is 4.90 Å². The zero-order chi connectivity index (χ0) is 29.3. The van der Waals surface area contributed by atoms with E-state index in [1.807, 2.05) is 49.4 Å². The van der Waals surface area contributed by atoms with Crippen molar-refractivity contribution in [3.05, 3.63) is 67.8 Å². The van der Waals surface area contributed by atoms with Gasteiger partial charge in [0.2, 0.25) is 5.91 Å². The van der Waals surface area contributed by atoms with Crippen LogP contribution >= 0.6 is 27.7 Å². The fourth-order valence-corrected chi connectivity index (χ4v) is 10.4. The number of ether oxygens (including phenoxy) is 1. The minimum absolute atomic E-state index is 0.0553. The number of likely N-dealkylation sites (tertiary alicyclic amines) is 1. The van der Waals surface area contributed by atoms with Crippen molar-refractivity contribution in [1.29, 1.82) is 0 Å². The summed E-state index contributed by atoms with van der Waals surface area (Å²) < 4.78 is 4.85. The van der Waals surface area contributed by atoms with Gasteiger partial charge in [-0.3, -0.25) is 14.4 Å². The molecule has 0 radical (unpaired) electrons. The number of carbonyl (C=O) groups is 3. The van der Waals surface area contributed by atoms with Crippen molar-refractivity contribution in [3.63, 3.8) is 0 Å². The van der Waals surface area contributed by atoms with Crippen LogP contribution in [0.15, 0.2) is 67.8 Å². The molecule has 9 heteroatoms. The number of nitrogens with zero attached hydrogens (tertiary/aromatic N) is 2. The summed E-state index contributed by atoms with van der Waals surface area (Å²) in [5, 5.41) is 12.2. The molecule has 2 aromatic rings. The van der Waals surface area contributed by atoms with E-state index in [9.17, 15) is 19.5 Å². The highest BCUT2D eigenvalue weighted by Crippen LogP contribution is 2.68. The molecule has 7 nitrogen and oxygen atoms in total. The quantitative estimate of drug-likeness (QED) is 0.150. The number of anilines is 1. The molecule has 3 aliphatic heterocycles. The number of rotatable bonds is 12. The number of amides is 2. The highest BCUT2D eigenvalue weighted by atomic mass is 79.9. The third-order valence-corrected chi connectivity index (χ3v) is 11.9. The third kappa shape index (κ3) is 5.04. The van der Waals surface area contributed by atoms with Crippen LogP contribution in [0.25, 0.3) is 10.8 Å². The lowest BCUT2D eigenvalue weighted by Crippen LogP contribution is -2.58. The number of esters is 1. The van der Waals surface area contributed by atoms with Crippen LogP contribution in [0, 0.1) is 11.8 Å². The standard InChI is InChI=1S/C32H37BrN2O5S/c1-4-7-10-16-40-31(39)25-26-29(37)35(22(6-3)19-36)28(32(26)18-24(33)27(25)41-32)30(38)34(15-5-2)23-14-13-20-11-8-9-12-21(20)17-23/h4-5,8-9,11-14,17,22,24-28,36H,1-2,6-7,10,15-16,18-19H2,3H3/t22-,24?,25+,26-,27+,28?,32?/m0/s1. The minimum atomic E-state index is -0.850. The molecule has 2 amide bonds. The number of benzene rings is 2. The van der Waals surface area contributed by atoms with Crippen LogP contribution in [0.3, 0.4) is 0 Å². The van der Waals surface area contributed by atoms with E-state index in [2.05, 4.69) is 29.1 Å². The van der Waals surface area contributed by atoms with Gasteiger partial charge in [0.25, 0.3) is 5.91 Å². The van der Waals surface area contributed by atoms with Gasteiger partial charge in [-0.2, -0.15) is 0 Å². The second kappa shape index (κ2) is 12.3. The average molecular weight is 642 g/mol. The minimum Gasteiger partial charge on any atom is -0.465 e. The maximum absolute atomic E-state index is 14.8. The third-order valence-electron chi connectivity index (χ3n) is 8.73. The van der Waals surface area contributed by atoms with E-state index in [4.69, 9.17) is 4.74 Å². The van der Waals surface area contributed by atoms with E-state index >= 15 is 0 Å². The van der Waals surface area contributed by atoms with Crippen LogP contribution in [0.2, 0.25) is 0 Å². The predicted molar refractivity (Wildman–Crippen MR) is 167 cm³/mol. The topological polar surface area (TPSA) is 87.2 Å². The molecule has 1 spiro atoms. The van der Waals surface area contributed by atoms with E-state index in [0.717, 1.165) is 17.2 Å². The van der Waals surface area contributed by atoms with Gasteiger partial charge in [0.1, 0.15) is 6.04 Å². The second-order valence-electron chi connectivity index (χ2n) is 11.0. The Kier molecular flexibility index (Phi) is 8.97. The molecule has 3 saturated heterocycles. The number of fused-ring (bicyclic) bond motifs is 2. The summed E-state index contributed by atoms with van der Waals surface area (Å²) in [7, 11) is 0. The molecule has 218 valence electrons. The van der Waals surface area contributed by atoms with Crippen molar-refractivity contribution in [2.75, 3.05) is 24.7 Å². The maximum atomic E-state index is 14.8. The van der Waals surface area contributed by atoms with Crippen molar-refractivity contribution < 1.29 is 24.2 Å². The summed E-state index contributed by atoms with van der Waals surface area (Å²) in [5.74, 6) is -2.23. The first kappa shape index (κ1) is 29.9. The van der Waals surface area contributed by atoms with Crippen LogP contribution in [-0.4, -0.2) is 74.5 Å². The lowest BCUT2D eigenvalue weighted by molar-refractivity contribution is -0.154. The van der Waals surface area contributed by atoms with E-state index in [0.29, 0.717) is 24.9 Å². The molecule has 3 aliphatic rings. The highest BCUT2D eigenvalue weighted by molar-refractivity contribution is 9.09. The van der Waals surface area contributed by atoms with Gasteiger partial charge < -0.3 is 19.6 Å². The number of aliphatic hydroxyl groups is 1. The number of aliphatic hydroxyl groups excluding tert-OH is 1. The van der Waals surface area contributed by atoms with E-state index in [1.54, 1.807) is 33.7 Å². The largest absolute Gasteiger partial charge is 0.465 e. The maximum Gasteiger partial charge on any atom is 0.310 e. The number of unbranched alkanes of at least 4 members (excludes halogenated alkanes) is 1. The first-order chi connectivity index (χ1) is 19.8. The first-order valence-corrected chi connectivity index (χ1v) is 16.1. The van der Waals surface area contributed by atoms with Crippen molar-refractivity contribution in [2.24, 2.45) is 11.8 Å². The molecule has 5 rings (SSSR count). The predicted octanol–water partition coefficient (Wildman–Crippen LogP) is 5.10. The SMILES string of the molecule is C=CCCCOC(=O)[C@H]1[C@@H]2SC3(CC2Br)C(C(=O)N(CC=C)c2ccc4ccccc4c2)N([C@@H](CC)CO)C(=O)[C@H]13. The number of carbonyl (C=O) groups excluding carboxylic acids is 3. The van der Waals surface area contributed by atoms with Gasteiger partial charge >= 0.3 is 5.97 Å². The highest BCUT2D eigenvalue weighted by Gasteiger charge is 2.76. The molecule has 0 aromatic heterocycles. The van der Waals surface area contributed by atoms with Crippen molar-refractivity contribution in [3.8, 4) is 0 Å². The van der Waals surface area contributed by atoms with Gasteiger partial charge in [0, 0.05) is 22.3 Å². The molecule has 7 atom stereocenters. The number of allylic oxidation sites excluding steroid dienone is 1. The lowest BCUT2D eigenvalue weighted by atomic mass is 9.71. The number of halogens is 1. The molecule has 3 fully saturated rings. The van der Waals surface area contributed by atoms with Crippen molar-refractivity contribution in [2.45, 2.75) is 59.5 Å². The Morgan fingerprint density at radius 1 is 1.24 bits per heavy atom. The zero-order valence-electron chi connectivity index (χ0n) is 23.3. The molecule has 1 N–H and O–H groups in total. The summed E-state index contributed by atoms with van der Waals surface area (Å²) in [5.41, 5.74) is 0.712. The van der Waals surface area contributed by atoms with Gasteiger partial charge in [0.05, 0.1) is 35.8 Å². The van der Waals surface area contributed by atoms with Crippen LogP contribution in [0.4, 0.5) is 5.69 Å². The Labute approximate surface area is 254 Å². The molecule has 2 aromatic carbocycles. The number of alkyl halides is 1. The van der Waals surface area contributed by atoms with Crippen LogP contribution in [0.1, 0.15) is 32.6 Å². The van der Waals surface area contributed by atoms with Gasteiger partial charge in [-0.25, -0.2) is 0 Å². The average Bonchev–Trinajstić information content (AvgIpc) is 3.57. The van der Waals surface area contributed by atoms with Gasteiger partial charge in [-0.15, -0.1) is 24.9 Å². The molecule has 0 saturated carbocycles. The normalized spacial score (nSPS) is 28.9. The van der Waals surface area contributed by atoms with Gasteiger partial charge in [-0.1, -0.05) is 65.3 Å². The van der Waals surface area contributed by atoms with Crippen LogP contribution in [-0.2, 0) is 19.1 Å². The Morgan fingerprint density at radius 2 is 2.00 bits per heavy atom. The Bertz CT molecular complexity index is 1350. The van der Waals surface area contributed by atoms with Gasteiger partial charge in [-0.05, 0) is 48.6 Å².